The maximum Gasteiger partial charge on any atom is 0.191 e. The van der Waals surface area contributed by atoms with Crippen LogP contribution in [0.3, 0.4) is 0 Å². The number of ether oxygens (including phenoxy) is 2. The van der Waals surface area contributed by atoms with Crippen LogP contribution in [0.2, 0.25) is 0 Å². The van der Waals surface area contributed by atoms with Crippen LogP contribution in [-0.2, 0) is 12.0 Å². The van der Waals surface area contributed by atoms with E-state index in [1.54, 1.807) is 14.2 Å². The molecule has 1 heterocycles. The summed E-state index contributed by atoms with van der Waals surface area (Å²) in [4.78, 5) is 6.99. The van der Waals surface area contributed by atoms with E-state index >= 15 is 0 Å². The molecule has 2 N–H and O–H groups in total. The first-order valence-electron chi connectivity index (χ1n) is 11.4. The first-order valence-corrected chi connectivity index (χ1v) is 11.4. The number of benzene rings is 2. The standard InChI is InChI=1S/C26H38N4O2.HI/c1-26(2,21-11-12-23(31-4)24(17-21)32-5)19-28-25(27-3)29-22-13-15-30(16-14-22)18-20-9-7-6-8-10-20;/h6-12,17,22H,13-16,18-19H2,1-5H3,(H2,27,28,29);1H. The number of halogens is 1. The van der Waals surface area contributed by atoms with Crippen molar-refractivity contribution in [2.75, 3.05) is 40.9 Å². The number of hydrogen-bond donors (Lipinski definition) is 2. The monoisotopic (exact) mass is 566 g/mol. The molecule has 1 aliphatic heterocycles. The highest BCUT2D eigenvalue weighted by Crippen LogP contribution is 2.32. The zero-order valence-corrected chi connectivity index (χ0v) is 22.9. The van der Waals surface area contributed by atoms with Gasteiger partial charge in [-0.2, -0.15) is 0 Å². The molecule has 0 radical (unpaired) electrons. The molecule has 3 rings (SSSR count). The number of rotatable bonds is 8. The van der Waals surface area contributed by atoms with Crippen molar-refractivity contribution in [1.29, 1.82) is 0 Å². The van der Waals surface area contributed by atoms with Gasteiger partial charge in [0, 0.05) is 44.7 Å². The fraction of sp³-hybridized carbons (Fsp3) is 0.500. The summed E-state index contributed by atoms with van der Waals surface area (Å²) in [5, 5.41) is 7.15. The van der Waals surface area contributed by atoms with Crippen LogP contribution in [0.5, 0.6) is 11.5 Å². The fourth-order valence-corrected chi connectivity index (χ4v) is 4.13. The Labute approximate surface area is 216 Å². The molecule has 33 heavy (non-hydrogen) atoms. The van der Waals surface area contributed by atoms with E-state index in [0.717, 1.165) is 56.5 Å². The van der Waals surface area contributed by atoms with Crippen LogP contribution in [0.4, 0.5) is 0 Å². The Hall–Kier alpha value is -2.00. The molecule has 1 aliphatic rings. The van der Waals surface area contributed by atoms with Crippen molar-refractivity contribution in [1.82, 2.24) is 15.5 Å². The Balaban J connectivity index is 0.00000385. The molecule has 0 unspecified atom stereocenters. The van der Waals surface area contributed by atoms with Crippen LogP contribution < -0.4 is 20.1 Å². The van der Waals surface area contributed by atoms with Gasteiger partial charge in [-0.05, 0) is 36.1 Å². The van der Waals surface area contributed by atoms with Gasteiger partial charge in [0.1, 0.15) is 0 Å². The zero-order valence-electron chi connectivity index (χ0n) is 20.6. The molecule has 7 heteroatoms. The maximum atomic E-state index is 5.48. The molecule has 0 amide bonds. The first kappa shape index (κ1) is 27.2. The highest BCUT2D eigenvalue weighted by Gasteiger charge is 2.24. The molecule has 6 nitrogen and oxygen atoms in total. The van der Waals surface area contributed by atoms with E-state index in [9.17, 15) is 0 Å². The van der Waals surface area contributed by atoms with Gasteiger partial charge in [-0.25, -0.2) is 0 Å². The van der Waals surface area contributed by atoms with E-state index in [1.807, 2.05) is 13.1 Å². The minimum Gasteiger partial charge on any atom is -0.493 e. The molecule has 2 aromatic rings. The van der Waals surface area contributed by atoms with E-state index in [0.29, 0.717) is 6.04 Å². The topological polar surface area (TPSA) is 58.1 Å². The van der Waals surface area contributed by atoms with Gasteiger partial charge in [-0.1, -0.05) is 50.2 Å². The van der Waals surface area contributed by atoms with Crippen LogP contribution in [0, 0.1) is 0 Å². The molecule has 0 aliphatic carbocycles. The normalized spacial score (nSPS) is 15.5. The van der Waals surface area contributed by atoms with E-state index in [-0.39, 0.29) is 29.4 Å². The number of aliphatic imine (C=N–C) groups is 1. The number of likely N-dealkylation sites (tertiary alicyclic amines) is 1. The summed E-state index contributed by atoms with van der Waals surface area (Å²) in [5.74, 6) is 2.36. The maximum absolute atomic E-state index is 5.48. The average molecular weight is 567 g/mol. The molecule has 0 spiro atoms. The molecule has 0 atom stereocenters. The van der Waals surface area contributed by atoms with Gasteiger partial charge in [-0.15, -0.1) is 24.0 Å². The third-order valence-electron chi connectivity index (χ3n) is 6.26. The summed E-state index contributed by atoms with van der Waals surface area (Å²) in [7, 11) is 5.17. The number of nitrogens with one attached hydrogen (secondary N) is 2. The van der Waals surface area contributed by atoms with Crippen LogP contribution in [0.1, 0.15) is 37.8 Å². The second-order valence-electron chi connectivity index (χ2n) is 9.06. The number of guanidine groups is 1. The van der Waals surface area contributed by atoms with Gasteiger partial charge in [-0.3, -0.25) is 9.89 Å². The Kier molecular flexibility index (Phi) is 10.8. The molecule has 0 bridgehead atoms. The van der Waals surface area contributed by atoms with Gasteiger partial charge in [0.15, 0.2) is 17.5 Å². The number of hydrogen-bond acceptors (Lipinski definition) is 4. The molecule has 2 aromatic carbocycles. The lowest BCUT2D eigenvalue weighted by molar-refractivity contribution is 0.198. The average Bonchev–Trinajstić information content (AvgIpc) is 2.83. The number of methoxy groups -OCH3 is 2. The Morgan fingerprint density at radius 1 is 1.03 bits per heavy atom. The smallest absolute Gasteiger partial charge is 0.191 e. The Bertz CT molecular complexity index is 881. The minimum atomic E-state index is -0.101. The summed E-state index contributed by atoms with van der Waals surface area (Å²) in [6.45, 7) is 8.42. The van der Waals surface area contributed by atoms with Gasteiger partial charge in [0.2, 0.25) is 0 Å². The van der Waals surface area contributed by atoms with Gasteiger partial charge in [0.25, 0.3) is 0 Å². The molecule has 1 saturated heterocycles. The van der Waals surface area contributed by atoms with Gasteiger partial charge < -0.3 is 20.1 Å². The first-order chi connectivity index (χ1) is 15.4. The summed E-state index contributed by atoms with van der Waals surface area (Å²) >= 11 is 0. The van der Waals surface area contributed by atoms with Crippen molar-refractivity contribution in [3.8, 4) is 11.5 Å². The van der Waals surface area contributed by atoms with E-state index in [1.165, 1.54) is 11.1 Å². The third kappa shape index (κ3) is 7.78. The van der Waals surface area contributed by atoms with Crippen LogP contribution in [0.15, 0.2) is 53.5 Å². The lowest BCUT2D eigenvalue weighted by atomic mass is 9.84. The highest BCUT2D eigenvalue weighted by molar-refractivity contribution is 14.0. The van der Waals surface area contributed by atoms with Crippen molar-refractivity contribution >= 4 is 29.9 Å². The van der Waals surface area contributed by atoms with Crippen molar-refractivity contribution < 1.29 is 9.47 Å². The lowest BCUT2D eigenvalue weighted by Crippen LogP contribution is -2.50. The quantitative estimate of drug-likeness (QED) is 0.282. The van der Waals surface area contributed by atoms with Gasteiger partial charge >= 0.3 is 0 Å². The predicted octanol–water partition coefficient (Wildman–Crippen LogP) is 4.43. The third-order valence-corrected chi connectivity index (χ3v) is 6.26. The van der Waals surface area contributed by atoms with Crippen molar-refractivity contribution in [3.05, 3.63) is 59.7 Å². The summed E-state index contributed by atoms with van der Waals surface area (Å²) < 4.78 is 10.9. The second kappa shape index (κ2) is 13.0. The Morgan fingerprint density at radius 3 is 2.30 bits per heavy atom. The molecule has 0 saturated carbocycles. The number of nitrogens with zero attached hydrogens (tertiary/aromatic N) is 2. The van der Waals surface area contributed by atoms with Crippen LogP contribution in [-0.4, -0.2) is 57.8 Å². The van der Waals surface area contributed by atoms with Crippen molar-refractivity contribution in [2.24, 2.45) is 4.99 Å². The summed E-state index contributed by atoms with van der Waals surface area (Å²) in [5.41, 5.74) is 2.47. The number of piperidine rings is 1. The van der Waals surface area contributed by atoms with Crippen LogP contribution >= 0.6 is 24.0 Å². The van der Waals surface area contributed by atoms with E-state index in [2.05, 4.69) is 76.8 Å². The van der Waals surface area contributed by atoms with Crippen LogP contribution in [0.25, 0.3) is 0 Å². The predicted molar refractivity (Wildman–Crippen MR) is 147 cm³/mol. The van der Waals surface area contributed by atoms with Gasteiger partial charge in [0.05, 0.1) is 14.2 Å². The van der Waals surface area contributed by atoms with E-state index < -0.39 is 0 Å². The van der Waals surface area contributed by atoms with Crippen molar-refractivity contribution in [2.45, 2.75) is 44.7 Å². The molecule has 182 valence electrons. The SMILES string of the molecule is CN=C(NCC(C)(C)c1ccc(OC)c(OC)c1)NC1CCN(Cc2ccccc2)CC1.I. The Morgan fingerprint density at radius 2 is 1.70 bits per heavy atom. The minimum absolute atomic E-state index is 0. The summed E-state index contributed by atoms with van der Waals surface area (Å²) in [6.07, 6.45) is 2.24. The zero-order chi connectivity index (χ0) is 23.0. The molecule has 0 aromatic heterocycles. The van der Waals surface area contributed by atoms with E-state index in [4.69, 9.17) is 9.47 Å². The lowest BCUT2D eigenvalue weighted by Gasteiger charge is -2.34. The molecular weight excluding hydrogens is 527 g/mol. The summed E-state index contributed by atoms with van der Waals surface area (Å²) in [6, 6.07) is 17.3. The second-order valence-corrected chi connectivity index (χ2v) is 9.06. The molecular formula is C26H39IN4O2. The molecule has 1 fully saturated rings. The van der Waals surface area contributed by atoms with Crippen molar-refractivity contribution in [3.63, 3.8) is 0 Å². The highest BCUT2D eigenvalue weighted by atomic mass is 127. The largest absolute Gasteiger partial charge is 0.493 e. The fourth-order valence-electron chi connectivity index (χ4n) is 4.13.